The van der Waals surface area contributed by atoms with E-state index in [1.165, 1.54) is 0 Å². The molecule has 0 radical (unpaired) electrons. The fourth-order valence-corrected chi connectivity index (χ4v) is 1.33. The molecular weight excluding hydrogens is 192 g/mol. The Kier molecular flexibility index (Phi) is 4.77. The summed E-state index contributed by atoms with van der Waals surface area (Å²) in [5.41, 5.74) is 0.825. The van der Waals surface area contributed by atoms with Gasteiger partial charge in [-0.3, -0.25) is 9.78 Å². The molecule has 1 unspecified atom stereocenters. The van der Waals surface area contributed by atoms with Crippen LogP contribution in [0, 0.1) is 0 Å². The van der Waals surface area contributed by atoms with E-state index < -0.39 is 6.10 Å². The Morgan fingerprint density at radius 1 is 1.67 bits per heavy atom. The lowest BCUT2D eigenvalue weighted by Crippen LogP contribution is -2.17. The van der Waals surface area contributed by atoms with Crippen molar-refractivity contribution in [2.45, 2.75) is 18.9 Å². The third-order valence-corrected chi connectivity index (χ3v) is 2.24. The van der Waals surface area contributed by atoms with E-state index in [1.54, 1.807) is 30.4 Å². The summed E-state index contributed by atoms with van der Waals surface area (Å²) in [6.07, 6.45) is 5.06. The molecule has 1 rings (SSSR count). The zero-order chi connectivity index (χ0) is 11.1. The second-order valence-electron chi connectivity index (χ2n) is 3.53. The lowest BCUT2D eigenvalue weighted by atomic mass is 10.1. The SMILES string of the molecule is CN(C=O)CCCC(O)c1cccnc1. The summed E-state index contributed by atoms with van der Waals surface area (Å²) in [7, 11) is 1.73. The fraction of sp³-hybridized carbons (Fsp3) is 0.455. The number of aliphatic hydroxyl groups is 1. The van der Waals surface area contributed by atoms with Gasteiger partial charge in [-0.25, -0.2) is 0 Å². The Labute approximate surface area is 89.6 Å². The van der Waals surface area contributed by atoms with E-state index in [9.17, 15) is 9.90 Å². The lowest BCUT2D eigenvalue weighted by Gasteiger charge is -2.13. The predicted molar refractivity (Wildman–Crippen MR) is 57.1 cm³/mol. The second-order valence-corrected chi connectivity index (χ2v) is 3.53. The minimum Gasteiger partial charge on any atom is -0.388 e. The summed E-state index contributed by atoms with van der Waals surface area (Å²) >= 11 is 0. The van der Waals surface area contributed by atoms with Crippen molar-refractivity contribution in [2.24, 2.45) is 0 Å². The first-order chi connectivity index (χ1) is 7.24. The van der Waals surface area contributed by atoms with Gasteiger partial charge in [-0.1, -0.05) is 6.07 Å². The Hall–Kier alpha value is -1.42. The molecule has 1 atom stereocenters. The largest absolute Gasteiger partial charge is 0.388 e. The number of rotatable bonds is 6. The molecule has 0 aliphatic carbocycles. The van der Waals surface area contributed by atoms with Crippen molar-refractivity contribution in [1.29, 1.82) is 0 Å². The average Bonchev–Trinajstić information content (AvgIpc) is 2.29. The van der Waals surface area contributed by atoms with Crippen molar-refractivity contribution in [2.75, 3.05) is 13.6 Å². The summed E-state index contributed by atoms with van der Waals surface area (Å²) < 4.78 is 0. The number of nitrogens with zero attached hydrogens (tertiary/aromatic N) is 2. The molecule has 15 heavy (non-hydrogen) atoms. The molecule has 1 amide bonds. The molecule has 0 bridgehead atoms. The van der Waals surface area contributed by atoms with E-state index >= 15 is 0 Å². The van der Waals surface area contributed by atoms with E-state index in [0.29, 0.717) is 13.0 Å². The third-order valence-electron chi connectivity index (χ3n) is 2.24. The molecule has 4 nitrogen and oxygen atoms in total. The lowest BCUT2D eigenvalue weighted by molar-refractivity contribution is -0.117. The van der Waals surface area contributed by atoms with Crippen LogP contribution in [0.4, 0.5) is 0 Å². The molecule has 1 heterocycles. The van der Waals surface area contributed by atoms with Crippen LogP contribution in [0.2, 0.25) is 0 Å². The number of hydrogen-bond donors (Lipinski definition) is 1. The van der Waals surface area contributed by atoms with Crippen molar-refractivity contribution in [3.8, 4) is 0 Å². The first-order valence-electron chi connectivity index (χ1n) is 4.97. The van der Waals surface area contributed by atoms with Gasteiger partial charge in [-0.15, -0.1) is 0 Å². The number of carbonyl (C=O) groups is 1. The molecule has 0 aromatic carbocycles. The van der Waals surface area contributed by atoms with Gasteiger partial charge in [0.25, 0.3) is 0 Å². The minimum absolute atomic E-state index is 0.487. The van der Waals surface area contributed by atoms with Crippen LogP contribution in [0.25, 0.3) is 0 Å². The number of hydrogen-bond acceptors (Lipinski definition) is 3. The highest BCUT2D eigenvalue weighted by Crippen LogP contribution is 2.16. The average molecular weight is 208 g/mol. The standard InChI is InChI=1S/C11H16N2O2/c1-13(9-14)7-3-5-11(15)10-4-2-6-12-8-10/h2,4,6,8-9,11,15H,3,5,7H2,1H3. The quantitative estimate of drug-likeness (QED) is 0.709. The van der Waals surface area contributed by atoms with Gasteiger partial charge in [0.05, 0.1) is 6.10 Å². The summed E-state index contributed by atoms with van der Waals surface area (Å²) in [5, 5.41) is 9.76. The van der Waals surface area contributed by atoms with E-state index in [1.807, 2.05) is 6.07 Å². The number of amides is 1. The van der Waals surface area contributed by atoms with Crippen molar-refractivity contribution >= 4 is 6.41 Å². The van der Waals surface area contributed by atoms with Gasteiger partial charge in [-0.2, -0.15) is 0 Å². The van der Waals surface area contributed by atoms with Gasteiger partial charge in [0.1, 0.15) is 0 Å². The zero-order valence-electron chi connectivity index (χ0n) is 8.84. The van der Waals surface area contributed by atoms with Gasteiger partial charge >= 0.3 is 0 Å². The minimum atomic E-state index is -0.487. The molecule has 0 aliphatic rings. The van der Waals surface area contributed by atoms with Crippen LogP contribution in [-0.4, -0.2) is 35.0 Å². The molecule has 4 heteroatoms. The maximum atomic E-state index is 10.3. The molecule has 1 N–H and O–H groups in total. The molecule has 0 fully saturated rings. The van der Waals surface area contributed by atoms with Gasteiger partial charge in [0.15, 0.2) is 0 Å². The first kappa shape index (κ1) is 11.7. The Bertz CT molecular complexity index is 290. The van der Waals surface area contributed by atoms with E-state index in [-0.39, 0.29) is 0 Å². The van der Waals surface area contributed by atoms with Crippen LogP contribution in [-0.2, 0) is 4.79 Å². The Balaban J connectivity index is 2.31. The number of aliphatic hydroxyl groups excluding tert-OH is 1. The summed E-state index contributed by atoms with van der Waals surface area (Å²) in [4.78, 5) is 15.8. The van der Waals surface area contributed by atoms with E-state index in [4.69, 9.17) is 0 Å². The molecular formula is C11H16N2O2. The van der Waals surface area contributed by atoms with Crippen LogP contribution in [0.5, 0.6) is 0 Å². The molecule has 0 saturated heterocycles. The molecule has 0 aliphatic heterocycles. The molecule has 0 saturated carbocycles. The van der Waals surface area contributed by atoms with Gasteiger partial charge < -0.3 is 10.0 Å². The predicted octanol–water partition coefficient (Wildman–Crippen LogP) is 0.983. The second kappa shape index (κ2) is 6.14. The number of pyridine rings is 1. The van der Waals surface area contributed by atoms with Crippen molar-refractivity contribution < 1.29 is 9.90 Å². The summed E-state index contributed by atoms with van der Waals surface area (Å²) in [6.45, 7) is 0.667. The van der Waals surface area contributed by atoms with Crippen LogP contribution in [0.1, 0.15) is 24.5 Å². The Morgan fingerprint density at radius 3 is 3.07 bits per heavy atom. The summed E-state index contributed by atoms with van der Waals surface area (Å²) in [6, 6.07) is 3.65. The first-order valence-corrected chi connectivity index (χ1v) is 4.97. The topological polar surface area (TPSA) is 53.4 Å². The van der Waals surface area contributed by atoms with Gasteiger partial charge in [0, 0.05) is 26.0 Å². The van der Waals surface area contributed by atoms with Gasteiger partial charge in [0.2, 0.25) is 6.41 Å². The molecule has 0 spiro atoms. The zero-order valence-corrected chi connectivity index (χ0v) is 8.84. The summed E-state index contributed by atoms with van der Waals surface area (Å²) in [5.74, 6) is 0. The molecule has 1 aromatic rings. The third kappa shape index (κ3) is 4.08. The van der Waals surface area contributed by atoms with E-state index in [0.717, 1.165) is 18.4 Å². The molecule has 1 aromatic heterocycles. The monoisotopic (exact) mass is 208 g/mol. The smallest absolute Gasteiger partial charge is 0.209 e. The Morgan fingerprint density at radius 2 is 2.47 bits per heavy atom. The van der Waals surface area contributed by atoms with Crippen LogP contribution in [0.3, 0.4) is 0 Å². The maximum Gasteiger partial charge on any atom is 0.209 e. The van der Waals surface area contributed by atoms with Crippen LogP contribution in [0.15, 0.2) is 24.5 Å². The van der Waals surface area contributed by atoms with Crippen molar-refractivity contribution in [1.82, 2.24) is 9.88 Å². The van der Waals surface area contributed by atoms with E-state index in [2.05, 4.69) is 4.98 Å². The highest BCUT2D eigenvalue weighted by Gasteiger charge is 2.06. The number of aromatic nitrogens is 1. The number of carbonyl (C=O) groups excluding carboxylic acids is 1. The normalized spacial score (nSPS) is 12.1. The van der Waals surface area contributed by atoms with Crippen molar-refractivity contribution in [3.63, 3.8) is 0 Å². The van der Waals surface area contributed by atoms with Crippen LogP contribution >= 0.6 is 0 Å². The highest BCUT2D eigenvalue weighted by molar-refractivity contribution is 5.46. The van der Waals surface area contributed by atoms with Gasteiger partial charge in [-0.05, 0) is 24.5 Å². The van der Waals surface area contributed by atoms with Crippen LogP contribution < -0.4 is 0 Å². The highest BCUT2D eigenvalue weighted by atomic mass is 16.3. The van der Waals surface area contributed by atoms with Crippen molar-refractivity contribution in [3.05, 3.63) is 30.1 Å². The molecule has 82 valence electrons. The fourth-order valence-electron chi connectivity index (χ4n) is 1.33. The maximum absolute atomic E-state index is 10.3.